The highest BCUT2D eigenvalue weighted by Gasteiger charge is 2.22. The second-order valence-corrected chi connectivity index (χ2v) is 4.40. The largest absolute Gasteiger partial charge is 0.377 e. The molecule has 1 aromatic rings. The van der Waals surface area contributed by atoms with Crippen molar-refractivity contribution in [3.8, 4) is 0 Å². The lowest BCUT2D eigenvalue weighted by molar-refractivity contribution is -0.120. The molecule has 1 saturated carbocycles. The van der Waals surface area contributed by atoms with E-state index in [-0.39, 0.29) is 30.0 Å². The molecule has 0 bridgehead atoms. The van der Waals surface area contributed by atoms with Gasteiger partial charge in [0, 0.05) is 32.1 Å². The summed E-state index contributed by atoms with van der Waals surface area (Å²) >= 11 is 0. The molecule has 0 radical (unpaired) electrons. The molecule has 2 rings (SSSR count). The van der Waals surface area contributed by atoms with Crippen LogP contribution in [0.4, 0.5) is 0 Å². The molecule has 1 heterocycles. The van der Waals surface area contributed by atoms with E-state index in [4.69, 9.17) is 9.26 Å². The van der Waals surface area contributed by atoms with Gasteiger partial charge < -0.3 is 14.6 Å². The first kappa shape index (κ1) is 12.8. The van der Waals surface area contributed by atoms with Crippen molar-refractivity contribution < 1.29 is 18.8 Å². The molecule has 18 heavy (non-hydrogen) atoms. The number of amides is 1. The first-order valence-corrected chi connectivity index (χ1v) is 5.96. The highest BCUT2D eigenvalue weighted by Crippen LogP contribution is 2.15. The van der Waals surface area contributed by atoms with E-state index in [1.165, 1.54) is 0 Å². The molecule has 1 fully saturated rings. The van der Waals surface area contributed by atoms with Crippen molar-refractivity contribution in [2.45, 2.75) is 38.3 Å². The van der Waals surface area contributed by atoms with Crippen LogP contribution < -0.4 is 5.32 Å². The van der Waals surface area contributed by atoms with Crippen molar-refractivity contribution in [3.63, 3.8) is 0 Å². The lowest BCUT2D eigenvalue weighted by Crippen LogP contribution is -2.37. The summed E-state index contributed by atoms with van der Waals surface area (Å²) in [7, 11) is 1.54. The fourth-order valence-corrected chi connectivity index (χ4v) is 1.97. The van der Waals surface area contributed by atoms with E-state index in [0.717, 1.165) is 0 Å². The number of nitrogens with zero attached hydrogens (tertiary/aromatic N) is 1. The van der Waals surface area contributed by atoms with Gasteiger partial charge in [-0.1, -0.05) is 5.16 Å². The summed E-state index contributed by atoms with van der Waals surface area (Å²) < 4.78 is 9.82. The van der Waals surface area contributed by atoms with Crippen molar-refractivity contribution in [2.75, 3.05) is 7.11 Å². The van der Waals surface area contributed by atoms with Gasteiger partial charge in [-0.05, 0) is 12.8 Å². The molecular weight excluding hydrogens is 236 g/mol. The quantitative estimate of drug-likeness (QED) is 0.866. The van der Waals surface area contributed by atoms with Crippen molar-refractivity contribution in [3.05, 3.63) is 17.5 Å². The monoisotopic (exact) mass is 252 g/mol. The fraction of sp³-hybridized carbons (Fsp3) is 0.583. The Morgan fingerprint density at radius 1 is 1.56 bits per heavy atom. The van der Waals surface area contributed by atoms with Crippen LogP contribution in [0.1, 0.15) is 41.9 Å². The van der Waals surface area contributed by atoms with Gasteiger partial charge in [0.2, 0.25) is 0 Å². The van der Waals surface area contributed by atoms with Crippen LogP contribution in [-0.4, -0.2) is 30.0 Å². The Morgan fingerprint density at radius 2 is 2.28 bits per heavy atom. The Balaban J connectivity index is 1.88. The number of hydrogen-bond donors (Lipinski definition) is 1. The Bertz CT molecular complexity index is 431. The third kappa shape index (κ3) is 3.16. The van der Waals surface area contributed by atoms with Gasteiger partial charge in [0.15, 0.2) is 11.5 Å². The van der Waals surface area contributed by atoms with Crippen LogP contribution >= 0.6 is 0 Å². The molecule has 0 atom stereocenters. The average molecular weight is 252 g/mol. The van der Waals surface area contributed by atoms with Crippen LogP contribution in [0.15, 0.2) is 10.6 Å². The molecule has 98 valence electrons. The highest BCUT2D eigenvalue weighted by atomic mass is 16.5. The number of methoxy groups -OCH3 is 1. The second-order valence-electron chi connectivity index (χ2n) is 4.40. The molecule has 6 heteroatoms. The summed E-state index contributed by atoms with van der Waals surface area (Å²) in [6, 6.07) is 1.62. The number of aromatic nitrogens is 1. The lowest BCUT2D eigenvalue weighted by Gasteiger charge is -2.21. The number of ether oxygens (including phenoxy) is 1. The van der Waals surface area contributed by atoms with E-state index in [0.29, 0.717) is 31.4 Å². The molecule has 1 aliphatic rings. The number of hydrogen-bond acceptors (Lipinski definition) is 5. The van der Waals surface area contributed by atoms with E-state index in [2.05, 4.69) is 10.5 Å². The molecule has 0 spiro atoms. The van der Waals surface area contributed by atoms with E-state index in [1.807, 2.05) is 0 Å². The number of ketones is 1. The van der Waals surface area contributed by atoms with Gasteiger partial charge in [-0.2, -0.15) is 0 Å². The molecule has 0 saturated heterocycles. The summed E-state index contributed by atoms with van der Waals surface area (Å²) in [4.78, 5) is 22.9. The second kappa shape index (κ2) is 5.77. The van der Waals surface area contributed by atoms with Crippen molar-refractivity contribution >= 4 is 11.7 Å². The topological polar surface area (TPSA) is 81.4 Å². The van der Waals surface area contributed by atoms with Gasteiger partial charge in [-0.25, -0.2) is 0 Å². The number of rotatable bonds is 4. The minimum atomic E-state index is -0.263. The Kier molecular flexibility index (Phi) is 4.09. The molecule has 6 nitrogen and oxygen atoms in total. The van der Waals surface area contributed by atoms with E-state index in [9.17, 15) is 9.59 Å². The maximum Gasteiger partial charge on any atom is 0.273 e. The predicted molar refractivity (Wildman–Crippen MR) is 61.9 cm³/mol. The van der Waals surface area contributed by atoms with Crippen LogP contribution in [0.25, 0.3) is 0 Å². The number of nitrogens with one attached hydrogen (secondary N) is 1. The minimum Gasteiger partial charge on any atom is -0.377 e. The zero-order valence-corrected chi connectivity index (χ0v) is 10.3. The zero-order valence-electron chi connectivity index (χ0n) is 10.3. The van der Waals surface area contributed by atoms with Gasteiger partial charge in [0.1, 0.15) is 12.4 Å². The molecule has 0 aliphatic heterocycles. The number of carbonyl (C=O) groups is 2. The Morgan fingerprint density at radius 3 is 2.94 bits per heavy atom. The summed E-state index contributed by atoms with van der Waals surface area (Å²) in [5.41, 5.74) is 0.249. The van der Waals surface area contributed by atoms with Crippen LogP contribution in [0.5, 0.6) is 0 Å². The zero-order chi connectivity index (χ0) is 13.0. The summed E-state index contributed by atoms with van der Waals surface area (Å²) in [5.74, 6) is 0.520. The van der Waals surface area contributed by atoms with Gasteiger partial charge in [-0.15, -0.1) is 0 Å². The first-order valence-electron chi connectivity index (χ1n) is 5.96. The van der Waals surface area contributed by atoms with Crippen molar-refractivity contribution in [2.24, 2.45) is 0 Å². The van der Waals surface area contributed by atoms with E-state index in [1.54, 1.807) is 13.2 Å². The Hall–Kier alpha value is -1.69. The summed E-state index contributed by atoms with van der Waals surface area (Å²) in [6.45, 7) is 0.290. The Labute approximate surface area is 105 Å². The van der Waals surface area contributed by atoms with Gasteiger partial charge in [-0.3, -0.25) is 9.59 Å². The molecule has 1 amide bonds. The lowest BCUT2D eigenvalue weighted by atomic mass is 9.94. The normalized spacial score (nSPS) is 16.8. The smallest absolute Gasteiger partial charge is 0.273 e. The number of Topliss-reactive ketones (excluding diaryl/α,β-unsaturated/α-hetero) is 1. The third-order valence-electron chi connectivity index (χ3n) is 2.96. The highest BCUT2D eigenvalue weighted by molar-refractivity contribution is 5.92. The molecule has 0 aromatic carbocycles. The third-order valence-corrected chi connectivity index (χ3v) is 2.96. The van der Waals surface area contributed by atoms with Crippen LogP contribution in [0.2, 0.25) is 0 Å². The molecule has 1 N–H and O–H groups in total. The van der Waals surface area contributed by atoms with Gasteiger partial charge in [0.05, 0.1) is 0 Å². The van der Waals surface area contributed by atoms with Crippen LogP contribution in [0.3, 0.4) is 0 Å². The predicted octanol–water partition coefficient (Wildman–Crippen LogP) is 1.06. The van der Waals surface area contributed by atoms with Gasteiger partial charge in [0.25, 0.3) is 5.91 Å². The van der Waals surface area contributed by atoms with E-state index < -0.39 is 0 Å². The number of carbonyl (C=O) groups excluding carboxylic acids is 2. The molecule has 0 unspecified atom stereocenters. The first-order chi connectivity index (χ1) is 8.69. The maximum atomic E-state index is 11.9. The van der Waals surface area contributed by atoms with Crippen LogP contribution in [0, 0.1) is 0 Å². The fourth-order valence-electron chi connectivity index (χ4n) is 1.97. The van der Waals surface area contributed by atoms with Crippen molar-refractivity contribution in [1.82, 2.24) is 10.5 Å². The van der Waals surface area contributed by atoms with Crippen molar-refractivity contribution in [1.29, 1.82) is 0 Å². The van der Waals surface area contributed by atoms with E-state index >= 15 is 0 Å². The summed E-state index contributed by atoms with van der Waals surface area (Å²) in [6.07, 6.45) is 2.48. The standard InChI is InChI=1S/C12H16N2O4/c1-17-7-10-6-11(14-18-10)12(16)13-8-2-4-9(15)5-3-8/h6,8H,2-5,7H2,1H3,(H,13,16). The van der Waals surface area contributed by atoms with Crippen LogP contribution in [-0.2, 0) is 16.1 Å². The molecule has 1 aromatic heterocycles. The minimum absolute atomic E-state index is 0.0535. The van der Waals surface area contributed by atoms with Gasteiger partial charge >= 0.3 is 0 Å². The maximum absolute atomic E-state index is 11.9. The molecular formula is C12H16N2O4. The SMILES string of the molecule is COCc1cc(C(=O)NC2CCC(=O)CC2)no1. The summed E-state index contributed by atoms with van der Waals surface area (Å²) in [5, 5.41) is 6.54. The molecule has 1 aliphatic carbocycles. The average Bonchev–Trinajstić information content (AvgIpc) is 2.81.